The highest BCUT2D eigenvalue weighted by Gasteiger charge is 2.34. The van der Waals surface area contributed by atoms with Gasteiger partial charge in [0, 0.05) is 38.9 Å². The van der Waals surface area contributed by atoms with Crippen LogP contribution >= 0.6 is 0 Å². The second kappa shape index (κ2) is 8.43. The predicted octanol–water partition coefficient (Wildman–Crippen LogP) is 1.42. The highest BCUT2D eigenvalue weighted by Crippen LogP contribution is 2.30. The fourth-order valence-electron chi connectivity index (χ4n) is 3.37. The average Bonchev–Trinajstić information content (AvgIpc) is 3.42. The molecule has 6 heteroatoms. The number of nitrogens with one attached hydrogen (secondary N) is 1. The molecule has 1 saturated heterocycles. The van der Waals surface area contributed by atoms with Crippen molar-refractivity contribution in [3.8, 4) is 0 Å². The molecule has 1 aliphatic carbocycles. The Labute approximate surface area is 149 Å². The molecule has 3 rings (SSSR count). The van der Waals surface area contributed by atoms with Crippen LogP contribution in [0.2, 0.25) is 0 Å². The molecule has 1 aromatic rings. The normalized spacial score (nSPS) is 21.0. The molecule has 0 unspecified atom stereocenters. The zero-order valence-electron chi connectivity index (χ0n) is 15.0. The lowest BCUT2D eigenvalue weighted by atomic mass is 10.1. The third kappa shape index (κ3) is 5.01. The number of piperazine rings is 1. The molecule has 2 amide bonds. The molecule has 2 aliphatic rings. The van der Waals surface area contributed by atoms with Gasteiger partial charge in [-0.1, -0.05) is 13.0 Å². The zero-order chi connectivity index (χ0) is 17.6. The van der Waals surface area contributed by atoms with Crippen molar-refractivity contribution in [1.29, 1.82) is 0 Å². The summed E-state index contributed by atoms with van der Waals surface area (Å²) in [6, 6.07) is 5.39. The van der Waals surface area contributed by atoms with Crippen LogP contribution < -0.4 is 5.32 Å². The molecule has 136 valence electrons. The Hall–Kier alpha value is -1.95. The third-order valence-electron chi connectivity index (χ3n) is 4.92. The summed E-state index contributed by atoms with van der Waals surface area (Å²) in [6.07, 6.45) is 5.42. The molecule has 2 fully saturated rings. The van der Waals surface area contributed by atoms with Crippen LogP contribution in [-0.2, 0) is 16.1 Å². The van der Waals surface area contributed by atoms with Crippen molar-refractivity contribution in [3.63, 3.8) is 0 Å². The first-order chi connectivity index (χ1) is 12.2. The number of carbonyl (C=O) groups excluding carboxylic acids is 2. The largest absolute Gasteiger partial charge is 0.353 e. The van der Waals surface area contributed by atoms with E-state index in [2.05, 4.69) is 22.1 Å². The zero-order valence-corrected chi connectivity index (χ0v) is 15.0. The van der Waals surface area contributed by atoms with E-state index in [0.29, 0.717) is 19.0 Å². The number of hydrogen-bond acceptors (Lipinski definition) is 4. The predicted molar refractivity (Wildman–Crippen MR) is 95.7 cm³/mol. The smallest absolute Gasteiger partial charge is 0.237 e. The lowest BCUT2D eigenvalue weighted by Gasteiger charge is -2.35. The molecule has 25 heavy (non-hydrogen) atoms. The molecular formula is C19H28N4O2. The van der Waals surface area contributed by atoms with Gasteiger partial charge in [-0.05, 0) is 37.3 Å². The Morgan fingerprint density at radius 2 is 2.24 bits per heavy atom. The van der Waals surface area contributed by atoms with Crippen LogP contribution in [0.1, 0.15) is 38.3 Å². The fourth-order valence-corrected chi connectivity index (χ4v) is 3.37. The van der Waals surface area contributed by atoms with Crippen molar-refractivity contribution in [2.75, 3.05) is 26.2 Å². The van der Waals surface area contributed by atoms with Crippen LogP contribution in [0.15, 0.2) is 24.4 Å². The molecule has 2 heterocycles. The van der Waals surface area contributed by atoms with Crippen LogP contribution in [-0.4, -0.2) is 58.8 Å². The van der Waals surface area contributed by atoms with E-state index in [1.54, 1.807) is 6.20 Å². The van der Waals surface area contributed by atoms with Crippen LogP contribution in [0.3, 0.4) is 0 Å². The van der Waals surface area contributed by atoms with Crippen molar-refractivity contribution >= 4 is 11.8 Å². The Balaban J connectivity index is 1.65. The first-order valence-corrected chi connectivity index (χ1v) is 9.36. The average molecular weight is 344 g/mol. The van der Waals surface area contributed by atoms with Gasteiger partial charge in [-0.15, -0.1) is 0 Å². The summed E-state index contributed by atoms with van der Waals surface area (Å²) < 4.78 is 0. The second-order valence-electron chi connectivity index (χ2n) is 7.09. The first-order valence-electron chi connectivity index (χ1n) is 9.36. The lowest BCUT2D eigenvalue weighted by molar-refractivity contribution is -0.139. The minimum absolute atomic E-state index is 0.0431. The Kier molecular flexibility index (Phi) is 6.02. The molecular weight excluding hydrogens is 316 g/mol. The maximum absolute atomic E-state index is 12.8. The van der Waals surface area contributed by atoms with Crippen molar-refractivity contribution < 1.29 is 9.59 Å². The SMILES string of the molecule is CCCN(CC1CC1)C(=O)C[C@H]1C(=O)NCCN1Cc1ccccn1. The van der Waals surface area contributed by atoms with Gasteiger partial charge < -0.3 is 10.2 Å². The summed E-state index contributed by atoms with van der Waals surface area (Å²) in [4.78, 5) is 33.6. The minimum Gasteiger partial charge on any atom is -0.353 e. The molecule has 0 spiro atoms. The molecule has 1 aromatic heterocycles. The number of rotatable bonds is 8. The summed E-state index contributed by atoms with van der Waals surface area (Å²) in [7, 11) is 0. The van der Waals surface area contributed by atoms with Crippen LogP contribution in [0, 0.1) is 5.92 Å². The van der Waals surface area contributed by atoms with E-state index in [1.165, 1.54) is 12.8 Å². The highest BCUT2D eigenvalue weighted by atomic mass is 16.2. The van der Waals surface area contributed by atoms with E-state index in [0.717, 1.165) is 31.7 Å². The van der Waals surface area contributed by atoms with Crippen molar-refractivity contribution in [2.24, 2.45) is 5.92 Å². The van der Waals surface area contributed by atoms with Gasteiger partial charge in [0.1, 0.15) is 0 Å². The van der Waals surface area contributed by atoms with Crippen molar-refractivity contribution in [2.45, 2.75) is 45.2 Å². The molecule has 0 aromatic carbocycles. The molecule has 6 nitrogen and oxygen atoms in total. The van der Waals surface area contributed by atoms with E-state index in [9.17, 15) is 9.59 Å². The molecule has 1 atom stereocenters. The molecule has 1 aliphatic heterocycles. The number of aromatic nitrogens is 1. The number of pyridine rings is 1. The fraction of sp³-hybridized carbons (Fsp3) is 0.632. The van der Waals surface area contributed by atoms with Gasteiger partial charge in [-0.25, -0.2) is 0 Å². The molecule has 1 saturated carbocycles. The van der Waals surface area contributed by atoms with Gasteiger partial charge in [0.15, 0.2) is 0 Å². The standard InChI is InChI=1S/C19H28N4O2/c1-2-10-23(13-15-6-7-15)18(24)12-17-19(25)21-9-11-22(17)14-16-5-3-4-8-20-16/h3-5,8,15,17H,2,6-7,9-14H2,1H3,(H,21,25)/t17-/m0/s1. The van der Waals surface area contributed by atoms with Gasteiger partial charge in [0.2, 0.25) is 11.8 Å². The second-order valence-corrected chi connectivity index (χ2v) is 7.09. The highest BCUT2D eigenvalue weighted by molar-refractivity contribution is 5.88. The van der Waals surface area contributed by atoms with E-state index >= 15 is 0 Å². The first kappa shape index (κ1) is 17.9. The summed E-state index contributed by atoms with van der Waals surface area (Å²) in [5.74, 6) is 0.723. The van der Waals surface area contributed by atoms with Gasteiger partial charge in [0.25, 0.3) is 0 Å². The Morgan fingerprint density at radius 1 is 1.40 bits per heavy atom. The van der Waals surface area contributed by atoms with Gasteiger partial charge >= 0.3 is 0 Å². The van der Waals surface area contributed by atoms with Gasteiger partial charge in [-0.2, -0.15) is 0 Å². The Bertz CT molecular complexity index is 588. The quantitative estimate of drug-likeness (QED) is 0.775. The maximum Gasteiger partial charge on any atom is 0.237 e. The van der Waals surface area contributed by atoms with E-state index in [1.807, 2.05) is 23.1 Å². The summed E-state index contributed by atoms with van der Waals surface area (Å²) in [5, 5.41) is 2.91. The molecule has 1 N–H and O–H groups in total. The van der Waals surface area contributed by atoms with Gasteiger partial charge in [-0.3, -0.25) is 19.5 Å². The number of carbonyl (C=O) groups is 2. The molecule has 0 radical (unpaired) electrons. The van der Waals surface area contributed by atoms with Crippen LogP contribution in [0.25, 0.3) is 0 Å². The number of hydrogen-bond donors (Lipinski definition) is 1. The topological polar surface area (TPSA) is 65.5 Å². The van der Waals surface area contributed by atoms with E-state index < -0.39 is 6.04 Å². The minimum atomic E-state index is -0.401. The van der Waals surface area contributed by atoms with Gasteiger partial charge in [0.05, 0.1) is 18.2 Å². The summed E-state index contributed by atoms with van der Waals surface area (Å²) in [6.45, 7) is 5.69. The van der Waals surface area contributed by atoms with Crippen LogP contribution in [0.5, 0.6) is 0 Å². The molecule has 0 bridgehead atoms. The van der Waals surface area contributed by atoms with E-state index in [4.69, 9.17) is 0 Å². The van der Waals surface area contributed by atoms with Crippen molar-refractivity contribution in [3.05, 3.63) is 30.1 Å². The van der Waals surface area contributed by atoms with Crippen LogP contribution in [0.4, 0.5) is 0 Å². The summed E-state index contributed by atoms with van der Waals surface area (Å²) in [5.41, 5.74) is 0.929. The lowest BCUT2D eigenvalue weighted by Crippen LogP contribution is -2.56. The van der Waals surface area contributed by atoms with E-state index in [-0.39, 0.29) is 18.2 Å². The Morgan fingerprint density at radius 3 is 2.92 bits per heavy atom. The number of amides is 2. The summed E-state index contributed by atoms with van der Waals surface area (Å²) >= 11 is 0. The maximum atomic E-state index is 12.8. The number of nitrogens with zero attached hydrogens (tertiary/aromatic N) is 3. The van der Waals surface area contributed by atoms with Crippen molar-refractivity contribution in [1.82, 2.24) is 20.1 Å². The monoisotopic (exact) mass is 344 g/mol. The third-order valence-corrected chi connectivity index (χ3v) is 4.92.